The molecule has 2 heterocycles. The lowest BCUT2D eigenvalue weighted by Crippen LogP contribution is -2.38. The van der Waals surface area contributed by atoms with E-state index < -0.39 is 17.5 Å². The molecular weight excluding hydrogens is 261 g/mol. The maximum absolute atomic E-state index is 13.5. The van der Waals surface area contributed by atoms with Crippen LogP contribution in [0.1, 0.15) is 26.3 Å². The Morgan fingerprint density at radius 3 is 2.65 bits per heavy atom. The number of nitrogens with one attached hydrogen (secondary N) is 1. The second-order valence-electron chi connectivity index (χ2n) is 4.76. The molecule has 2 aromatic rings. The van der Waals surface area contributed by atoms with Gasteiger partial charge in [-0.25, -0.2) is 9.18 Å². The van der Waals surface area contributed by atoms with Crippen LogP contribution >= 0.6 is 0 Å². The van der Waals surface area contributed by atoms with Crippen molar-refractivity contribution in [2.24, 2.45) is 0 Å². The minimum atomic E-state index is -1.63. The van der Waals surface area contributed by atoms with Crippen LogP contribution in [0.25, 0.3) is 0 Å². The van der Waals surface area contributed by atoms with Gasteiger partial charge in [0.05, 0.1) is 5.56 Å². The highest BCUT2D eigenvalue weighted by molar-refractivity contribution is 6.16. The predicted molar refractivity (Wildman–Crippen MR) is 67.9 cm³/mol. The van der Waals surface area contributed by atoms with Crippen LogP contribution in [0, 0.1) is 5.82 Å². The summed E-state index contributed by atoms with van der Waals surface area (Å²) in [6.07, 6.45) is 0. The van der Waals surface area contributed by atoms with Gasteiger partial charge in [-0.15, -0.1) is 0 Å². The predicted octanol–water partition coefficient (Wildman–Crippen LogP) is 2.46. The summed E-state index contributed by atoms with van der Waals surface area (Å²) in [5.41, 5.74) is -0.193. The molecule has 0 saturated heterocycles. The molecule has 1 atom stereocenters. The van der Waals surface area contributed by atoms with Gasteiger partial charge in [0, 0.05) is 16.8 Å². The van der Waals surface area contributed by atoms with Crippen molar-refractivity contribution in [3.05, 3.63) is 65.0 Å². The summed E-state index contributed by atoms with van der Waals surface area (Å²) in [5, 5.41) is 2.91. The molecule has 0 bridgehead atoms. The van der Waals surface area contributed by atoms with Crippen molar-refractivity contribution in [1.82, 2.24) is 0 Å². The van der Waals surface area contributed by atoms with Crippen molar-refractivity contribution in [2.45, 2.75) is 5.72 Å². The van der Waals surface area contributed by atoms with E-state index in [2.05, 4.69) is 5.32 Å². The number of carbonyl (C=O) groups excluding carboxylic acids is 2. The molecule has 0 fully saturated rings. The van der Waals surface area contributed by atoms with Crippen molar-refractivity contribution >= 4 is 17.4 Å². The summed E-state index contributed by atoms with van der Waals surface area (Å²) in [5.74, 6) is -1.54. The van der Waals surface area contributed by atoms with Crippen LogP contribution in [0.4, 0.5) is 10.1 Å². The maximum Gasteiger partial charge on any atom is 0.341 e. The van der Waals surface area contributed by atoms with E-state index in [1.54, 1.807) is 24.3 Å². The van der Waals surface area contributed by atoms with Gasteiger partial charge < -0.3 is 10.1 Å². The van der Waals surface area contributed by atoms with E-state index in [1.807, 2.05) is 0 Å². The Morgan fingerprint density at radius 1 is 1.05 bits per heavy atom. The van der Waals surface area contributed by atoms with Crippen LogP contribution in [-0.4, -0.2) is 11.8 Å². The van der Waals surface area contributed by atoms with Gasteiger partial charge in [-0.3, -0.25) is 4.79 Å². The monoisotopic (exact) mass is 269 g/mol. The third kappa shape index (κ3) is 1.19. The van der Waals surface area contributed by atoms with Gasteiger partial charge in [0.1, 0.15) is 5.82 Å². The average molecular weight is 269 g/mol. The molecule has 4 nitrogen and oxygen atoms in total. The fraction of sp³-hybridized carbons (Fsp3) is 0.0667. The molecule has 98 valence electrons. The first kappa shape index (κ1) is 11.2. The number of hydrogen-bond donors (Lipinski definition) is 1. The lowest BCUT2D eigenvalue weighted by atomic mass is 9.95. The summed E-state index contributed by atoms with van der Waals surface area (Å²) in [6.45, 7) is 0. The number of rotatable bonds is 0. The van der Waals surface area contributed by atoms with E-state index in [4.69, 9.17) is 4.74 Å². The quantitative estimate of drug-likeness (QED) is 0.746. The molecule has 0 radical (unpaired) electrons. The maximum atomic E-state index is 13.5. The van der Waals surface area contributed by atoms with E-state index in [-0.39, 0.29) is 16.9 Å². The molecule has 5 heteroatoms. The van der Waals surface area contributed by atoms with Gasteiger partial charge in [-0.05, 0) is 30.3 Å². The Labute approximate surface area is 113 Å². The molecule has 20 heavy (non-hydrogen) atoms. The van der Waals surface area contributed by atoms with Crippen molar-refractivity contribution in [1.29, 1.82) is 0 Å². The largest absolute Gasteiger partial charge is 0.423 e. The summed E-state index contributed by atoms with van der Waals surface area (Å²) in [7, 11) is 0. The summed E-state index contributed by atoms with van der Waals surface area (Å²) < 4.78 is 18.7. The third-order valence-electron chi connectivity index (χ3n) is 3.63. The molecule has 2 aromatic carbocycles. The number of para-hydroxylation sites is 1. The van der Waals surface area contributed by atoms with Gasteiger partial charge >= 0.3 is 5.97 Å². The van der Waals surface area contributed by atoms with Crippen LogP contribution in [-0.2, 0) is 10.5 Å². The molecule has 2 aliphatic heterocycles. The molecule has 0 amide bonds. The SMILES string of the molecule is O=C1OC2(Nc3ccccc3C2=O)c2cc(F)ccc21. The number of halogens is 1. The lowest BCUT2D eigenvalue weighted by Gasteiger charge is -2.22. The summed E-state index contributed by atoms with van der Waals surface area (Å²) in [4.78, 5) is 24.5. The average Bonchev–Trinajstić information content (AvgIpc) is 2.87. The molecule has 0 aliphatic carbocycles. The number of Topliss-reactive ketones (excluding diaryl/α,β-unsaturated/α-hetero) is 1. The van der Waals surface area contributed by atoms with Gasteiger partial charge in [-0.2, -0.15) is 0 Å². The zero-order valence-electron chi connectivity index (χ0n) is 10.1. The van der Waals surface area contributed by atoms with E-state index >= 15 is 0 Å². The lowest BCUT2D eigenvalue weighted by molar-refractivity contribution is 0.0110. The molecule has 4 rings (SSSR count). The molecule has 0 saturated carbocycles. The smallest absolute Gasteiger partial charge is 0.341 e. The molecule has 1 spiro atoms. The first-order valence-electron chi connectivity index (χ1n) is 6.07. The third-order valence-corrected chi connectivity index (χ3v) is 3.63. The fourth-order valence-corrected chi connectivity index (χ4v) is 2.72. The van der Waals surface area contributed by atoms with Crippen LogP contribution in [0.5, 0.6) is 0 Å². The van der Waals surface area contributed by atoms with E-state index in [0.717, 1.165) is 6.07 Å². The van der Waals surface area contributed by atoms with Crippen LogP contribution in [0.15, 0.2) is 42.5 Å². The second kappa shape index (κ2) is 3.45. The number of ether oxygens (including phenoxy) is 1. The van der Waals surface area contributed by atoms with Crippen LogP contribution in [0.2, 0.25) is 0 Å². The number of carbonyl (C=O) groups is 2. The Balaban J connectivity index is 1.97. The van der Waals surface area contributed by atoms with E-state index in [0.29, 0.717) is 11.3 Å². The van der Waals surface area contributed by atoms with E-state index in [9.17, 15) is 14.0 Å². The first-order chi connectivity index (χ1) is 9.62. The highest BCUT2D eigenvalue weighted by atomic mass is 19.1. The molecule has 2 aliphatic rings. The fourth-order valence-electron chi connectivity index (χ4n) is 2.72. The Morgan fingerprint density at radius 2 is 1.85 bits per heavy atom. The van der Waals surface area contributed by atoms with Gasteiger partial charge in [0.15, 0.2) is 0 Å². The number of anilines is 1. The number of ketones is 1. The number of benzene rings is 2. The first-order valence-corrected chi connectivity index (χ1v) is 6.07. The highest BCUT2D eigenvalue weighted by Crippen LogP contribution is 2.45. The van der Waals surface area contributed by atoms with Gasteiger partial charge in [0.2, 0.25) is 5.78 Å². The molecule has 1 N–H and O–H groups in total. The zero-order chi connectivity index (χ0) is 13.9. The topological polar surface area (TPSA) is 55.4 Å². The van der Waals surface area contributed by atoms with Gasteiger partial charge in [-0.1, -0.05) is 12.1 Å². The van der Waals surface area contributed by atoms with Crippen molar-refractivity contribution in [2.75, 3.05) is 5.32 Å². The van der Waals surface area contributed by atoms with Crippen LogP contribution in [0.3, 0.4) is 0 Å². The molecule has 1 unspecified atom stereocenters. The Bertz CT molecular complexity index is 786. The summed E-state index contributed by atoms with van der Waals surface area (Å²) in [6, 6.07) is 10.5. The van der Waals surface area contributed by atoms with Crippen molar-refractivity contribution in [3.8, 4) is 0 Å². The standard InChI is InChI=1S/C15H8FNO3/c16-8-5-6-9-11(7-8)15(20-14(9)19)13(18)10-3-1-2-4-12(10)17-15/h1-7,17H. The number of hydrogen-bond acceptors (Lipinski definition) is 4. The minimum absolute atomic E-state index is 0.208. The van der Waals surface area contributed by atoms with Crippen molar-refractivity contribution < 1.29 is 18.7 Å². The molecular formula is C15H8FNO3. The van der Waals surface area contributed by atoms with Crippen molar-refractivity contribution in [3.63, 3.8) is 0 Å². The highest BCUT2D eigenvalue weighted by Gasteiger charge is 2.56. The Kier molecular flexibility index (Phi) is 1.92. The van der Waals surface area contributed by atoms with Gasteiger partial charge in [0.25, 0.3) is 5.72 Å². The second-order valence-corrected chi connectivity index (χ2v) is 4.76. The Hall–Kier alpha value is -2.69. The molecule has 0 aromatic heterocycles. The van der Waals surface area contributed by atoms with Crippen LogP contribution < -0.4 is 5.32 Å². The normalized spacial score (nSPS) is 22.4. The number of esters is 1. The zero-order valence-corrected chi connectivity index (χ0v) is 10.1. The number of fused-ring (bicyclic) bond motifs is 3. The van der Waals surface area contributed by atoms with E-state index in [1.165, 1.54) is 12.1 Å². The minimum Gasteiger partial charge on any atom is -0.423 e. The summed E-state index contributed by atoms with van der Waals surface area (Å²) >= 11 is 0.